The molecule has 5 aromatic rings. The van der Waals surface area contributed by atoms with Gasteiger partial charge in [-0.2, -0.15) is 5.10 Å². The third-order valence-corrected chi connectivity index (χ3v) is 9.42. The van der Waals surface area contributed by atoms with Gasteiger partial charge in [0.25, 0.3) is 15.6 Å². The molecule has 0 amide bonds. The molecular formula is C29H26F2N4O4S. The van der Waals surface area contributed by atoms with Crippen LogP contribution in [0.15, 0.2) is 76.8 Å². The van der Waals surface area contributed by atoms with Crippen LogP contribution in [-0.4, -0.2) is 40.0 Å². The SMILES string of the molecule is Cc1ccccc1S(=O)(=O)n1c(-c2cnn(C3COC3)c2)cc2c(C(C)c3cccc(F)c3F)cn(C)c(=O)c21. The standard InChI is InChI=1S/C29H26F2N4O4S/c1-17-7-4-5-10-26(17)40(37,38)35-25(19-12-32-34(13-19)20-15-39-16-20)11-22-23(14-33(3)29(36)28(22)35)18(2)21-8-6-9-24(30)27(21)31/h4-14,18,20H,15-16H2,1-3H3. The maximum atomic E-state index is 14.9. The molecule has 0 N–H and O–H groups in total. The summed E-state index contributed by atoms with van der Waals surface area (Å²) in [7, 11) is -2.78. The Morgan fingerprint density at radius 2 is 1.80 bits per heavy atom. The second-order valence-corrected chi connectivity index (χ2v) is 11.8. The highest BCUT2D eigenvalue weighted by Gasteiger charge is 2.31. The number of rotatable bonds is 6. The Hall–Kier alpha value is -4.09. The average Bonchev–Trinajstić information content (AvgIpc) is 3.52. The van der Waals surface area contributed by atoms with E-state index in [1.54, 1.807) is 61.4 Å². The number of fused-ring (bicyclic) bond motifs is 1. The molecule has 0 saturated carbocycles. The molecule has 206 valence electrons. The van der Waals surface area contributed by atoms with Gasteiger partial charge < -0.3 is 9.30 Å². The van der Waals surface area contributed by atoms with Gasteiger partial charge in [-0.15, -0.1) is 0 Å². The third-order valence-electron chi connectivity index (χ3n) is 7.54. The molecule has 4 heterocycles. The number of aromatic nitrogens is 4. The van der Waals surface area contributed by atoms with Crippen molar-refractivity contribution in [2.75, 3.05) is 13.2 Å². The highest BCUT2D eigenvalue weighted by molar-refractivity contribution is 7.90. The summed E-state index contributed by atoms with van der Waals surface area (Å²) in [6.45, 7) is 4.36. The molecule has 0 aliphatic carbocycles. The molecule has 1 unspecified atom stereocenters. The first-order valence-corrected chi connectivity index (χ1v) is 14.2. The maximum absolute atomic E-state index is 14.9. The number of nitrogens with zero attached hydrogens (tertiary/aromatic N) is 4. The maximum Gasteiger partial charge on any atom is 0.275 e. The quantitative estimate of drug-likeness (QED) is 0.297. The number of hydrogen-bond acceptors (Lipinski definition) is 5. The first-order valence-electron chi connectivity index (χ1n) is 12.7. The number of aryl methyl sites for hydroxylation is 2. The van der Waals surface area contributed by atoms with Crippen LogP contribution in [0.1, 0.15) is 35.6 Å². The van der Waals surface area contributed by atoms with Crippen LogP contribution in [0.25, 0.3) is 22.2 Å². The van der Waals surface area contributed by atoms with Crippen molar-refractivity contribution in [1.82, 2.24) is 18.3 Å². The average molecular weight is 565 g/mol. The zero-order valence-electron chi connectivity index (χ0n) is 22.0. The number of pyridine rings is 1. The Morgan fingerprint density at radius 3 is 2.50 bits per heavy atom. The predicted octanol–water partition coefficient (Wildman–Crippen LogP) is 4.75. The summed E-state index contributed by atoms with van der Waals surface area (Å²) in [5, 5.41) is 4.74. The van der Waals surface area contributed by atoms with Crippen LogP contribution in [0.5, 0.6) is 0 Å². The van der Waals surface area contributed by atoms with Gasteiger partial charge in [0, 0.05) is 36.3 Å². The number of hydrogen-bond donors (Lipinski definition) is 0. The first-order chi connectivity index (χ1) is 19.1. The summed E-state index contributed by atoms with van der Waals surface area (Å²) in [5.41, 5.74) is 1.17. The monoisotopic (exact) mass is 564 g/mol. The summed E-state index contributed by atoms with van der Waals surface area (Å²) < 4.78 is 66.9. The van der Waals surface area contributed by atoms with E-state index in [1.807, 2.05) is 0 Å². The van der Waals surface area contributed by atoms with Crippen molar-refractivity contribution in [3.05, 3.63) is 106 Å². The Kier molecular flexibility index (Phi) is 6.23. The highest BCUT2D eigenvalue weighted by Crippen LogP contribution is 2.37. The zero-order chi connectivity index (χ0) is 28.3. The normalized spacial score (nSPS) is 14.9. The van der Waals surface area contributed by atoms with Gasteiger partial charge >= 0.3 is 0 Å². The smallest absolute Gasteiger partial charge is 0.275 e. The molecule has 0 radical (unpaired) electrons. The minimum atomic E-state index is -4.29. The van der Waals surface area contributed by atoms with Crippen molar-refractivity contribution in [3.8, 4) is 11.3 Å². The number of ether oxygens (including phenoxy) is 1. The summed E-state index contributed by atoms with van der Waals surface area (Å²) in [6.07, 6.45) is 4.82. The van der Waals surface area contributed by atoms with Gasteiger partial charge in [0.2, 0.25) is 0 Å². The lowest BCUT2D eigenvalue weighted by atomic mass is 9.91. The predicted molar refractivity (Wildman–Crippen MR) is 146 cm³/mol. The largest absolute Gasteiger partial charge is 0.377 e. The van der Waals surface area contributed by atoms with Crippen molar-refractivity contribution in [1.29, 1.82) is 0 Å². The molecule has 1 aliphatic heterocycles. The molecule has 1 atom stereocenters. The number of benzene rings is 2. The fourth-order valence-corrected chi connectivity index (χ4v) is 6.98. The molecule has 0 bridgehead atoms. The molecule has 8 nitrogen and oxygen atoms in total. The van der Waals surface area contributed by atoms with Gasteiger partial charge in [0.1, 0.15) is 5.52 Å². The zero-order valence-corrected chi connectivity index (χ0v) is 22.8. The molecule has 11 heteroatoms. The van der Waals surface area contributed by atoms with Crippen LogP contribution in [0.4, 0.5) is 8.78 Å². The van der Waals surface area contributed by atoms with E-state index < -0.39 is 33.1 Å². The van der Waals surface area contributed by atoms with Gasteiger partial charge in [0.05, 0.1) is 36.0 Å². The lowest BCUT2D eigenvalue weighted by Crippen LogP contribution is -2.30. The van der Waals surface area contributed by atoms with Crippen LogP contribution in [-0.2, 0) is 21.8 Å². The lowest BCUT2D eigenvalue weighted by Gasteiger charge is -2.25. The van der Waals surface area contributed by atoms with Crippen LogP contribution < -0.4 is 5.56 Å². The molecule has 6 rings (SSSR count). The topological polar surface area (TPSA) is 88.1 Å². The van der Waals surface area contributed by atoms with Crippen molar-refractivity contribution in [2.45, 2.75) is 30.7 Å². The van der Waals surface area contributed by atoms with Crippen molar-refractivity contribution >= 4 is 20.9 Å². The van der Waals surface area contributed by atoms with E-state index >= 15 is 0 Å². The summed E-state index contributed by atoms with van der Waals surface area (Å²) in [5.74, 6) is -2.68. The van der Waals surface area contributed by atoms with Gasteiger partial charge in [-0.1, -0.05) is 37.3 Å². The highest BCUT2D eigenvalue weighted by atomic mass is 32.2. The second kappa shape index (κ2) is 9.53. The Balaban J connectivity index is 1.68. The lowest BCUT2D eigenvalue weighted by molar-refractivity contribution is -0.0286. The third kappa shape index (κ3) is 3.99. The molecule has 0 spiro atoms. The van der Waals surface area contributed by atoms with Crippen molar-refractivity contribution in [2.24, 2.45) is 7.05 Å². The molecule has 1 aliphatic rings. The van der Waals surface area contributed by atoms with Gasteiger partial charge in [0.15, 0.2) is 11.6 Å². The summed E-state index contributed by atoms with van der Waals surface area (Å²) >= 11 is 0. The van der Waals surface area contributed by atoms with E-state index in [9.17, 15) is 22.0 Å². The Bertz CT molecular complexity index is 1950. The Labute approximate surface area is 229 Å². The minimum Gasteiger partial charge on any atom is -0.377 e. The van der Waals surface area contributed by atoms with Crippen LogP contribution in [0, 0.1) is 18.6 Å². The van der Waals surface area contributed by atoms with Crippen molar-refractivity contribution < 1.29 is 21.9 Å². The second-order valence-electron chi connectivity index (χ2n) is 10.1. The van der Waals surface area contributed by atoms with E-state index in [0.29, 0.717) is 35.3 Å². The van der Waals surface area contributed by atoms with Gasteiger partial charge in [-0.25, -0.2) is 21.2 Å². The summed E-state index contributed by atoms with van der Waals surface area (Å²) in [6, 6.07) is 12.1. The van der Waals surface area contributed by atoms with E-state index in [1.165, 1.54) is 29.8 Å². The van der Waals surface area contributed by atoms with E-state index in [4.69, 9.17) is 4.74 Å². The minimum absolute atomic E-state index is 0.0268. The fraction of sp³-hybridized carbons (Fsp3) is 0.241. The van der Waals surface area contributed by atoms with Crippen LogP contribution in [0.3, 0.4) is 0 Å². The molecule has 40 heavy (non-hydrogen) atoms. The molecule has 1 saturated heterocycles. The van der Waals surface area contributed by atoms with Gasteiger partial charge in [-0.3, -0.25) is 9.48 Å². The molecule has 3 aromatic heterocycles. The van der Waals surface area contributed by atoms with E-state index in [-0.39, 0.29) is 27.7 Å². The van der Waals surface area contributed by atoms with Crippen LogP contribution >= 0.6 is 0 Å². The fourth-order valence-electron chi connectivity index (χ4n) is 5.23. The molecule has 2 aromatic carbocycles. The van der Waals surface area contributed by atoms with Gasteiger partial charge in [-0.05, 0) is 41.8 Å². The summed E-state index contributed by atoms with van der Waals surface area (Å²) in [4.78, 5) is 13.7. The Morgan fingerprint density at radius 1 is 1.05 bits per heavy atom. The number of halogens is 2. The first kappa shape index (κ1) is 26.1. The molecular weight excluding hydrogens is 538 g/mol. The van der Waals surface area contributed by atoms with E-state index in [2.05, 4.69) is 5.10 Å². The van der Waals surface area contributed by atoms with Crippen molar-refractivity contribution in [3.63, 3.8) is 0 Å². The molecule has 1 fully saturated rings. The van der Waals surface area contributed by atoms with E-state index in [0.717, 1.165) is 10.0 Å². The van der Waals surface area contributed by atoms with Crippen LogP contribution in [0.2, 0.25) is 0 Å².